The molecule has 0 aliphatic carbocycles. The van der Waals surface area contributed by atoms with Crippen molar-refractivity contribution < 1.29 is 9.59 Å². The first kappa shape index (κ1) is 20.2. The molecule has 5 atom stereocenters. The first-order chi connectivity index (χ1) is 13.9. The van der Waals surface area contributed by atoms with Crippen LogP contribution in [0.5, 0.6) is 0 Å². The molecule has 8 heteroatoms. The summed E-state index contributed by atoms with van der Waals surface area (Å²) < 4.78 is 0. The Hall–Kier alpha value is -2.08. The molecule has 3 fully saturated rings. The molecule has 0 saturated carbocycles. The number of benzene rings is 1. The third-order valence-electron chi connectivity index (χ3n) is 6.52. The maximum atomic E-state index is 13.1. The lowest BCUT2D eigenvalue weighted by Gasteiger charge is -2.38. The average molecular weight is 414 g/mol. The fraction of sp³-hybridized carbons (Fsp3) is 0.571. The van der Waals surface area contributed by atoms with Crippen LogP contribution in [0, 0.1) is 11.3 Å². The molecule has 0 spiro atoms. The van der Waals surface area contributed by atoms with Gasteiger partial charge in [-0.3, -0.25) is 14.5 Å². The van der Waals surface area contributed by atoms with Gasteiger partial charge in [0.05, 0.1) is 24.2 Å². The van der Waals surface area contributed by atoms with E-state index < -0.39 is 6.04 Å². The quantitative estimate of drug-likeness (QED) is 0.707. The number of hydrogen-bond donors (Lipinski definition) is 2. The van der Waals surface area contributed by atoms with Crippen LogP contribution >= 0.6 is 12.6 Å². The number of carbonyl (C=O) groups is 2. The third kappa shape index (κ3) is 3.63. The summed E-state index contributed by atoms with van der Waals surface area (Å²) in [6.07, 6.45) is 2.32. The van der Waals surface area contributed by atoms with E-state index in [9.17, 15) is 14.9 Å². The van der Waals surface area contributed by atoms with Crippen LogP contribution < -0.4 is 5.73 Å². The standard InChI is InChI=1S/C21H27N5O2S/c1-13(14-4-2-6-17(29)8-14)26-16-9-19(21(26)28)24(11-16)12-18(23)20(27)25-7-3-5-15(25)10-22/h2,4,6,8,13,15-16,18-19,29H,3,5,7,9,11-12,23H2,1H3/t13?,15?,16-,18?,19-/m0/s1. The van der Waals surface area contributed by atoms with Gasteiger partial charge in [-0.15, -0.1) is 12.6 Å². The molecule has 4 rings (SSSR count). The third-order valence-corrected chi connectivity index (χ3v) is 6.80. The molecule has 0 radical (unpaired) electrons. The van der Waals surface area contributed by atoms with Crippen molar-refractivity contribution in [2.75, 3.05) is 19.6 Å². The van der Waals surface area contributed by atoms with E-state index in [0.29, 0.717) is 19.5 Å². The monoisotopic (exact) mass is 413 g/mol. The summed E-state index contributed by atoms with van der Waals surface area (Å²) in [6, 6.07) is 8.92. The Kier molecular flexibility index (Phi) is 5.56. The lowest BCUT2D eigenvalue weighted by molar-refractivity contribution is -0.141. The van der Waals surface area contributed by atoms with E-state index in [1.54, 1.807) is 4.90 Å². The Balaban J connectivity index is 1.40. The van der Waals surface area contributed by atoms with Crippen LogP contribution in [-0.4, -0.2) is 70.3 Å². The Morgan fingerprint density at radius 3 is 2.93 bits per heavy atom. The van der Waals surface area contributed by atoms with Crippen LogP contribution in [0.1, 0.15) is 37.8 Å². The molecular formula is C21H27N5O2S. The van der Waals surface area contributed by atoms with E-state index in [0.717, 1.165) is 29.8 Å². The lowest BCUT2D eigenvalue weighted by atomic mass is 10.1. The second kappa shape index (κ2) is 7.98. The number of carbonyl (C=O) groups excluding carboxylic acids is 2. The number of thiol groups is 1. The summed E-state index contributed by atoms with van der Waals surface area (Å²) in [5, 5.41) is 9.21. The fourth-order valence-electron chi connectivity index (χ4n) is 5.05. The summed E-state index contributed by atoms with van der Waals surface area (Å²) >= 11 is 4.41. The van der Waals surface area contributed by atoms with Crippen molar-refractivity contribution in [3.05, 3.63) is 29.8 Å². The van der Waals surface area contributed by atoms with Crippen molar-refractivity contribution in [2.24, 2.45) is 5.73 Å². The number of nitriles is 1. The molecule has 1 aromatic rings. The Morgan fingerprint density at radius 1 is 1.45 bits per heavy atom. The summed E-state index contributed by atoms with van der Waals surface area (Å²) in [6.45, 7) is 3.72. The highest BCUT2D eigenvalue weighted by atomic mass is 32.1. The van der Waals surface area contributed by atoms with Crippen molar-refractivity contribution in [3.8, 4) is 6.07 Å². The molecule has 154 valence electrons. The van der Waals surface area contributed by atoms with Gasteiger partial charge in [0.1, 0.15) is 6.04 Å². The molecule has 7 nitrogen and oxygen atoms in total. The molecule has 3 unspecified atom stereocenters. The average Bonchev–Trinajstić information content (AvgIpc) is 3.41. The summed E-state index contributed by atoms with van der Waals surface area (Å²) in [5.74, 6) is -0.0749. The van der Waals surface area contributed by atoms with E-state index >= 15 is 0 Å². The number of likely N-dealkylation sites (tertiary alicyclic amines) is 3. The molecule has 3 saturated heterocycles. The maximum Gasteiger partial charge on any atom is 0.241 e. The number of nitrogens with zero attached hydrogens (tertiary/aromatic N) is 4. The van der Waals surface area contributed by atoms with Gasteiger partial charge in [-0.25, -0.2) is 0 Å². The van der Waals surface area contributed by atoms with Crippen molar-refractivity contribution in [3.63, 3.8) is 0 Å². The molecule has 3 aliphatic rings. The zero-order valence-electron chi connectivity index (χ0n) is 16.6. The fourth-order valence-corrected chi connectivity index (χ4v) is 5.29. The van der Waals surface area contributed by atoms with Crippen molar-refractivity contribution in [1.82, 2.24) is 14.7 Å². The second-order valence-electron chi connectivity index (χ2n) is 8.30. The number of amides is 2. The minimum Gasteiger partial charge on any atom is -0.330 e. The highest BCUT2D eigenvalue weighted by molar-refractivity contribution is 7.80. The van der Waals surface area contributed by atoms with Gasteiger partial charge in [-0.05, 0) is 43.9 Å². The number of hydrogen-bond acceptors (Lipinski definition) is 6. The van der Waals surface area contributed by atoms with Crippen LogP contribution in [0.4, 0.5) is 0 Å². The van der Waals surface area contributed by atoms with Gasteiger partial charge < -0.3 is 15.5 Å². The lowest BCUT2D eigenvalue weighted by Crippen LogP contribution is -2.56. The second-order valence-corrected chi connectivity index (χ2v) is 8.82. The molecule has 3 aliphatic heterocycles. The highest BCUT2D eigenvalue weighted by Crippen LogP contribution is 2.38. The van der Waals surface area contributed by atoms with Gasteiger partial charge in [-0.2, -0.15) is 5.26 Å². The van der Waals surface area contributed by atoms with E-state index in [4.69, 9.17) is 5.73 Å². The SMILES string of the molecule is CC(c1cccc(S)c1)N1C(=O)[C@@H]2C[C@H]1CN2CC(N)C(=O)N1CCCC1C#N. The molecular weight excluding hydrogens is 386 g/mol. The molecule has 2 bridgehead atoms. The van der Waals surface area contributed by atoms with Gasteiger partial charge in [-0.1, -0.05) is 12.1 Å². The van der Waals surface area contributed by atoms with E-state index in [-0.39, 0.29) is 36.0 Å². The van der Waals surface area contributed by atoms with Crippen LogP contribution in [0.25, 0.3) is 0 Å². The Morgan fingerprint density at radius 2 is 2.24 bits per heavy atom. The van der Waals surface area contributed by atoms with Crippen LogP contribution in [-0.2, 0) is 9.59 Å². The molecule has 0 aromatic heterocycles. The normalized spacial score (nSPS) is 28.6. The number of nitrogens with two attached hydrogens (primary N) is 1. The van der Waals surface area contributed by atoms with E-state index in [2.05, 4.69) is 25.6 Å². The summed E-state index contributed by atoms with van der Waals surface area (Å²) in [4.78, 5) is 32.3. The Labute approximate surface area is 176 Å². The zero-order chi connectivity index (χ0) is 20.7. The molecule has 29 heavy (non-hydrogen) atoms. The minimum atomic E-state index is -0.706. The van der Waals surface area contributed by atoms with Crippen molar-refractivity contribution >= 4 is 24.4 Å². The first-order valence-electron chi connectivity index (χ1n) is 10.2. The van der Waals surface area contributed by atoms with Crippen LogP contribution in [0.15, 0.2) is 29.2 Å². The van der Waals surface area contributed by atoms with Gasteiger partial charge >= 0.3 is 0 Å². The molecule has 1 aromatic carbocycles. The molecule has 2 N–H and O–H groups in total. The van der Waals surface area contributed by atoms with Gasteiger partial charge in [0.25, 0.3) is 0 Å². The van der Waals surface area contributed by atoms with Crippen LogP contribution in [0.3, 0.4) is 0 Å². The van der Waals surface area contributed by atoms with E-state index in [1.807, 2.05) is 34.1 Å². The topological polar surface area (TPSA) is 93.7 Å². The Bertz CT molecular complexity index is 856. The van der Waals surface area contributed by atoms with Crippen molar-refractivity contribution in [1.29, 1.82) is 5.26 Å². The highest BCUT2D eigenvalue weighted by Gasteiger charge is 2.51. The van der Waals surface area contributed by atoms with Crippen molar-refractivity contribution in [2.45, 2.75) is 61.3 Å². The molecule has 3 heterocycles. The predicted molar refractivity (Wildman–Crippen MR) is 111 cm³/mol. The van der Waals surface area contributed by atoms with Crippen LogP contribution in [0.2, 0.25) is 0 Å². The minimum absolute atomic E-state index is 0.0111. The predicted octanol–water partition coefficient (Wildman–Crippen LogP) is 1.16. The summed E-state index contributed by atoms with van der Waals surface area (Å²) in [7, 11) is 0. The first-order valence-corrected chi connectivity index (χ1v) is 10.7. The van der Waals surface area contributed by atoms with Gasteiger partial charge in [0, 0.05) is 30.6 Å². The largest absolute Gasteiger partial charge is 0.330 e. The van der Waals surface area contributed by atoms with Gasteiger partial charge in [0.15, 0.2) is 0 Å². The smallest absolute Gasteiger partial charge is 0.241 e. The number of piperazine rings is 1. The zero-order valence-corrected chi connectivity index (χ0v) is 17.5. The maximum absolute atomic E-state index is 13.1. The number of fused-ring (bicyclic) bond motifs is 2. The van der Waals surface area contributed by atoms with Gasteiger partial charge in [0.2, 0.25) is 11.8 Å². The molecule has 2 amide bonds. The number of rotatable bonds is 5. The summed E-state index contributed by atoms with van der Waals surface area (Å²) in [5.41, 5.74) is 7.27. The van der Waals surface area contributed by atoms with E-state index in [1.165, 1.54) is 0 Å².